The molecule has 2 heterocycles. The lowest BCUT2D eigenvalue weighted by Gasteiger charge is -2.21. The lowest BCUT2D eigenvalue weighted by atomic mass is 10.0. The SMILES string of the molecule is Cc1cc(Nc2nccc(C(F)(F)F)n2)cc(-c2cnc(C(C)(O)OC(=O)c3cccc(-c4ccccc4)c3)s2)c1. The minimum Gasteiger partial charge on any atom is -0.423 e. The number of anilines is 2. The van der Waals surface area contributed by atoms with E-state index in [0.717, 1.165) is 40.3 Å². The Kier molecular flexibility index (Phi) is 7.57. The number of halogens is 3. The number of aliphatic hydroxyl groups is 1. The summed E-state index contributed by atoms with van der Waals surface area (Å²) < 4.78 is 44.6. The van der Waals surface area contributed by atoms with Crippen LogP contribution in [0.2, 0.25) is 0 Å². The summed E-state index contributed by atoms with van der Waals surface area (Å²) in [5.41, 5.74) is 2.93. The van der Waals surface area contributed by atoms with Gasteiger partial charge in [0.2, 0.25) is 5.95 Å². The van der Waals surface area contributed by atoms with E-state index in [-0.39, 0.29) is 16.5 Å². The first-order chi connectivity index (χ1) is 19.5. The predicted molar refractivity (Wildman–Crippen MR) is 149 cm³/mol. The van der Waals surface area contributed by atoms with Crippen LogP contribution in [0.1, 0.15) is 33.5 Å². The molecular formula is C30H23F3N4O3S. The summed E-state index contributed by atoms with van der Waals surface area (Å²) in [7, 11) is 0. The van der Waals surface area contributed by atoms with Gasteiger partial charge in [0.15, 0.2) is 5.01 Å². The van der Waals surface area contributed by atoms with E-state index in [0.29, 0.717) is 16.1 Å². The quantitative estimate of drug-likeness (QED) is 0.154. The number of aromatic nitrogens is 3. The van der Waals surface area contributed by atoms with Crippen LogP contribution in [0.5, 0.6) is 0 Å². The number of thiazole rings is 1. The minimum absolute atomic E-state index is 0.150. The van der Waals surface area contributed by atoms with E-state index < -0.39 is 23.6 Å². The van der Waals surface area contributed by atoms with Gasteiger partial charge in [0.1, 0.15) is 5.69 Å². The van der Waals surface area contributed by atoms with E-state index in [1.165, 1.54) is 13.1 Å². The summed E-state index contributed by atoms with van der Waals surface area (Å²) in [6.45, 7) is 3.16. The molecule has 0 spiro atoms. The molecule has 0 saturated heterocycles. The van der Waals surface area contributed by atoms with E-state index in [9.17, 15) is 23.1 Å². The van der Waals surface area contributed by atoms with Crippen LogP contribution in [-0.2, 0) is 16.7 Å². The third-order valence-electron chi connectivity index (χ3n) is 5.96. The molecule has 11 heteroatoms. The highest BCUT2D eigenvalue weighted by molar-refractivity contribution is 7.15. The normalized spacial score (nSPS) is 12.9. The van der Waals surface area contributed by atoms with Crippen LogP contribution < -0.4 is 5.32 Å². The number of nitrogens with zero attached hydrogens (tertiary/aromatic N) is 3. The highest BCUT2D eigenvalue weighted by Gasteiger charge is 2.33. The first kappa shape index (κ1) is 27.9. The van der Waals surface area contributed by atoms with Crippen LogP contribution in [0, 0.1) is 6.92 Å². The summed E-state index contributed by atoms with van der Waals surface area (Å²) in [6, 6.07) is 22.5. The Labute approximate surface area is 237 Å². The van der Waals surface area contributed by atoms with Gasteiger partial charge in [-0.15, -0.1) is 11.3 Å². The van der Waals surface area contributed by atoms with Crippen molar-refractivity contribution in [3.05, 3.63) is 113 Å². The van der Waals surface area contributed by atoms with Crippen molar-refractivity contribution in [2.75, 3.05) is 5.32 Å². The van der Waals surface area contributed by atoms with Crippen molar-refractivity contribution in [3.8, 4) is 21.6 Å². The van der Waals surface area contributed by atoms with Crippen molar-refractivity contribution < 1.29 is 27.8 Å². The van der Waals surface area contributed by atoms with Crippen molar-refractivity contribution in [1.29, 1.82) is 0 Å². The number of carbonyl (C=O) groups excluding carboxylic acids is 1. The fraction of sp³-hybridized carbons (Fsp3) is 0.133. The molecule has 0 saturated carbocycles. The Bertz CT molecular complexity index is 1710. The summed E-state index contributed by atoms with van der Waals surface area (Å²) in [4.78, 5) is 25.3. The van der Waals surface area contributed by atoms with Crippen LogP contribution in [0.25, 0.3) is 21.6 Å². The number of nitrogens with one attached hydrogen (secondary N) is 1. The van der Waals surface area contributed by atoms with Crippen LogP contribution in [0.15, 0.2) is 91.3 Å². The van der Waals surface area contributed by atoms with Gasteiger partial charge in [0, 0.05) is 25.0 Å². The van der Waals surface area contributed by atoms with Gasteiger partial charge >= 0.3 is 12.1 Å². The summed E-state index contributed by atoms with van der Waals surface area (Å²) in [5.74, 6) is -2.93. The van der Waals surface area contributed by atoms with Crippen molar-refractivity contribution in [2.24, 2.45) is 0 Å². The minimum atomic E-state index is -4.60. The first-order valence-electron chi connectivity index (χ1n) is 12.3. The molecule has 3 aromatic carbocycles. The molecule has 0 radical (unpaired) electrons. The molecule has 0 aliphatic carbocycles. The Hall–Kier alpha value is -4.61. The second-order valence-corrected chi connectivity index (χ2v) is 10.4. The number of alkyl halides is 3. The third kappa shape index (κ3) is 6.59. The lowest BCUT2D eigenvalue weighted by Crippen LogP contribution is -2.28. The van der Waals surface area contributed by atoms with Gasteiger partial charge in [-0.2, -0.15) is 13.2 Å². The van der Waals surface area contributed by atoms with Crippen LogP contribution in [0.3, 0.4) is 0 Å². The molecule has 7 nitrogen and oxygen atoms in total. The van der Waals surface area contributed by atoms with Crippen molar-refractivity contribution >= 4 is 28.9 Å². The number of carbonyl (C=O) groups is 1. The molecule has 1 atom stereocenters. The average molecular weight is 577 g/mol. The zero-order valence-electron chi connectivity index (χ0n) is 21.8. The molecule has 208 valence electrons. The predicted octanol–water partition coefficient (Wildman–Crippen LogP) is 7.36. The van der Waals surface area contributed by atoms with Gasteiger partial charge in [-0.1, -0.05) is 48.5 Å². The molecule has 0 amide bonds. The number of benzene rings is 3. The summed E-state index contributed by atoms with van der Waals surface area (Å²) in [6.07, 6.45) is -2.04. The molecular weight excluding hydrogens is 553 g/mol. The number of hydrogen-bond donors (Lipinski definition) is 2. The van der Waals surface area contributed by atoms with Crippen molar-refractivity contribution in [3.63, 3.8) is 0 Å². The fourth-order valence-electron chi connectivity index (χ4n) is 4.06. The van der Waals surface area contributed by atoms with Gasteiger partial charge in [-0.05, 0) is 59.5 Å². The number of hydrogen-bond acceptors (Lipinski definition) is 8. The van der Waals surface area contributed by atoms with E-state index in [4.69, 9.17) is 4.74 Å². The summed E-state index contributed by atoms with van der Waals surface area (Å²) in [5, 5.41) is 14.0. The van der Waals surface area contributed by atoms with Gasteiger partial charge < -0.3 is 15.2 Å². The van der Waals surface area contributed by atoms with Gasteiger partial charge in [0.25, 0.3) is 5.79 Å². The van der Waals surface area contributed by atoms with Gasteiger partial charge in [0.05, 0.1) is 10.4 Å². The Morgan fingerprint density at radius 1 is 0.927 bits per heavy atom. The second-order valence-electron chi connectivity index (χ2n) is 9.32. The van der Waals surface area contributed by atoms with Gasteiger partial charge in [-0.3, -0.25) is 0 Å². The van der Waals surface area contributed by atoms with Crippen molar-refractivity contribution in [2.45, 2.75) is 25.8 Å². The average Bonchev–Trinajstić information content (AvgIpc) is 3.45. The standard InChI is InChI=1S/C30H23F3N4O3S/c1-18-13-22(16-23(14-18)36-28-34-12-11-25(37-28)30(31,32)33)24-17-35-27(41-24)29(2,39)40-26(38)21-10-6-9-20(15-21)19-7-4-3-5-8-19/h3-17,39H,1-2H3,(H,34,36,37). The highest BCUT2D eigenvalue weighted by Crippen LogP contribution is 2.35. The Morgan fingerprint density at radius 3 is 2.44 bits per heavy atom. The molecule has 41 heavy (non-hydrogen) atoms. The van der Waals surface area contributed by atoms with Crippen molar-refractivity contribution in [1.82, 2.24) is 15.0 Å². The molecule has 0 bridgehead atoms. The molecule has 5 aromatic rings. The van der Waals surface area contributed by atoms with Crippen LogP contribution in [-0.4, -0.2) is 26.0 Å². The smallest absolute Gasteiger partial charge is 0.423 e. The maximum Gasteiger partial charge on any atom is 0.433 e. The maximum atomic E-state index is 13.0. The monoisotopic (exact) mass is 576 g/mol. The molecule has 1 unspecified atom stereocenters. The largest absolute Gasteiger partial charge is 0.433 e. The number of esters is 1. The van der Waals surface area contributed by atoms with Gasteiger partial charge in [-0.25, -0.2) is 19.7 Å². The Balaban J connectivity index is 1.34. The van der Waals surface area contributed by atoms with E-state index >= 15 is 0 Å². The first-order valence-corrected chi connectivity index (χ1v) is 13.2. The molecule has 0 aliphatic rings. The fourth-order valence-corrected chi connectivity index (χ4v) is 4.95. The number of ether oxygens (including phenoxy) is 1. The lowest BCUT2D eigenvalue weighted by molar-refractivity contribution is -0.158. The van der Waals surface area contributed by atoms with E-state index in [2.05, 4.69) is 20.3 Å². The molecule has 2 aromatic heterocycles. The Morgan fingerprint density at radius 2 is 1.68 bits per heavy atom. The van der Waals surface area contributed by atoms with E-state index in [1.54, 1.807) is 30.3 Å². The van der Waals surface area contributed by atoms with E-state index in [1.807, 2.05) is 49.4 Å². The molecule has 0 fully saturated rings. The van der Waals surface area contributed by atoms with Crippen LogP contribution in [0.4, 0.5) is 24.8 Å². The highest BCUT2D eigenvalue weighted by atomic mass is 32.1. The molecule has 0 aliphatic heterocycles. The third-order valence-corrected chi connectivity index (χ3v) is 7.20. The molecule has 5 rings (SSSR count). The topological polar surface area (TPSA) is 97.2 Å². The zero-order valence-corrected chi connectivity index (χ0v) is 22.6. The molecule has 2 N–H and O–H groups in total. The summed E-state index contributed by atoms with van der Waals surface area (Å²) >= 11 is 1.11. The number of rotatable bonds is 7. The maximum absolute atomic E-state index is 13.0. The van der Waals surface area contributed by atoms with Crippen LogP contribution >= 0.6 is 11.3 Å². The number of aryl methyl sites for hydroxylation is 1. The second kappa shape index (κ2) is 11.1. The zero-order chi connectivity index (χ0) is 29.2.